The summed E-state index contributed by atoms with van der Waals surface area (Å²) in [7, 11) is 0. The molecule has 0 spiro atoms. The second-order valence-electron chi connectivity index (χ2n) is 8.80. The minimum Gasteiger partial charge on any atom is -0.350 e. The molecule has 2 N–H and O–H groups in total. The van der Waals surface area contributed by atoms with Gasteiger partial charge in [0.25, 0.3) is 0 Å². The highest BCUT2D eigenvalue weighted by Gasteiger charge is 2.30. The number of aromatic nitrogens is 1. The first-order valence-corrected chi connectivity index (χ1v) is 11.7. The number of hydrogen-bond acceptors (Lipinski definition) is 4. The van der Waals surface area contributed by atoms with E-state index in [0.717, 1.165) is 23.7 Å². The van der Waals surface area contributed by atoms with Crippen LogP contribution in [-0.4, -0.2) is 28.2 Å². The Morgan fingerprint density at radius 2 is 2.00 bits per heavy atom. The minimum absolute atomic E-state index is 0.0588. The summed E-state index contributed by atoms with van der Waals surface area (Å²) in [4.78, 5) is 37.8. The van der Waals surface area contributed by atoms with Crippen molar-refractivity contribution in [1.82, 2.24) is 15.2 Å². The summed E-state index contributed by atoms with van der Waals surface area (Å²) in [5, 5.41) is 15.1. The molecule has 0 saturated heterocycles. The molecule has 0 radical (unpaired) electrons. The normalized spacial score (nSPS) is 13.8. The number of benzene rings is 2. The predicted molar refractivity (Wildman–Crippen MR) is 129 cm³/mol. The lowest BCUT2D eigenvalue weighted by atomic mass is 10.1. The summed E-state index contributed by atoms with van der Waals surface area (Å²) < 4.78 is 16.0. The number of para-hydroxylation sites is 1. The molecule has 0 unspecified atom stereocenters. The number of fused-ring (bicyclic) bond motifs is 1. The number of carbonyl (C=O) groups excluding carboxylic acids is 3. The van der Waals surface area contributed by atoms with E-state index in [9.17, 15) is 18.8 Å². The third-order valence-corrected chi connectivity index (χ3v) is 6.36. The molecule has 3 aromatic rings. The van der Waals surface area contributed by atoms with Crippen LogP contribution in [0.25, 0.3) is 10.9 Å². The van der Waals surface area contributed by atoms with E-state index in [0.29, 0.717) is 17.9 Å². The monoisotopic (exact) mass is 494 g/mol. The average molecular weight is 495 g/mol. The third kappa shape index (κ3) is 5.69. The predicted octanol–water partition coefficient (Wildman–Crippen LogP) is 4.11. The number of carbonyl (C=O) groups is 3. The van der Waals surface area contributed by atoms with Gasteiger partial charge in [0.2, 0.25) is 11.8 Å². The lowest BCUT2D eigenvalue weighted by molar-refractivity contribution is -0.129. The number of hydrogen-bond donors (Lipinski definition) is 2. The zero-order chi connectivity index (χ0) is 25.1. The van der Waals surface area contributed by atoms with E-state index in [4.69, 9.17) is 16.9 Å². The van der Waals surface area contributed by atoms with Crippen LogP contribution >= 0.6 is 11.6 Å². The summed E-state index contributed by atoms with van der Waals surface area (Å²) in [5.74, 6) is -1.27. The van der Waals surface area contributed by atoms with Crippen LogP contribution in [0.3, 0.4) is 0 Å². The fourth-order valence-corrected chi connectivity index (χ4v) is 4.35. The minimum atomic E-state index is -0.790. The first kappa shape index (κ1) is 24.4. The molecule has 1 aliphatic rings. The van der Waals surface area contributed by atoms with Gasteiger partial charge in [-0.1, -0.05) is 42.6 Å². The summed E-state index contributed by atoms with van der Waals surface area (Å²) in [5.41, 5.74) is 1.56. The van der Waals surface area contributed by atoms with Crippen LogP contribution in [0, 0.1) is 23.1 Å². The van der Waals surface area contributed by atoms with Crippen molar-refractivity contribution in [3.63, 3.8) is 0 Å². The molecule has 1 atom stereocenters. The second kappa shape index (κ2) is 10.3. The van der Waals surface area contributed by atoms with Gasteiger partial charge >= 0.3 is 0 Å². The van der Waals surface area contributed by atoms with E-state index in [2.05, 4.69) is 10.6 Å². The van der Waals surface area contributed by atoms with Crippen molar-refractivity contribution in [2.45, 2.75) is 45.3 Å². The molecule has 0 bridgehead atoms. The number of nitrogens with zero attached hydrogens (tertiary/aromatic N) is 2. The zero-order valence-electron chi connectivity index (χ0n) is 19.1. The number of rotatable bonds is 9. The van der Waals surface area contributed by atoms with Gasteiger partial charge in [-0.05, 0) is 37.5 Å². The summed E-state index contributed by atoms with van der Waals surface area (Å²) in [6.07, 6.45) is 4.10. The van der Waals surface area contributed by atoms with Gasteiger partial charge in [-0.15, -0.1) is 0 Å². The van der Waals surface area contributed by atoms with Gasteiger partial charge in [-0.25, -0.2) is 4.39 Å². The largest absolute Gasteiger partial charge is 0.350 e. The van der Waals surface area contributed by atoms with E-state index in [1.807, 2.05) is 30.3 Å². The summed E-state index contributed by atoms with van der Waals surface area (Å²) in [6.45, 7) is 1.25. The molecule has 2 amide bonds. The van der Waals surface area contributed by atoms with Gasteiger partial charge in [0.15, 0.2) is 5.78 Å². The van der Waals surface area contributed by atoms with Crippen LogP contribution in [0.1, 0.15) is 47.7 Å². The Kier molecular flexibility index (Phi) is 7.17. The first-order chi connectivity index (χ1) is 16.8. The highest BCUT2D eigenvalue weighted by Crippen LogP contribution is 2.33. The quantitative estimate of drug-likeness (QED) is 0.437. The molecular formula is C26H24ClFN4O3. The van der Waals surface area contributed by atoms with E-state index in [1.54, 1.807) is 10.8 Å². The van der Waals surface area contributed by atoms with E-state index in [1.165, 1.54) is 19.1 Å². The maximum absolute atomic E-state index is 14.3. The molecule has 4 rings (SSSR count). The van der Waals surface area contributed by atoms with Gasteiger partial charge in [-0.2, -0.15) is 5.26 Å². The number of Topliss-reactive ketones (excluding diaryl/α,β-unsaturated/α-hetero) is 1. The van der Waals surface area contributed by atoms with Crippen LogP contribution in [0.4, 0.5) is 4.39 Å². The number of nitriles is 1. The van der Waals surface area contributed by atoms with Gasteiger partial charge in [-0.3, -0.25) is 14.4 Å². The SMILES string of the molecule is CC(=O)c1cn(CC(=O)N[C@@H](CC2CC2)C(=O)NCc2cc(C#N)cc(Cl)c2F)c2ccccc12. The number of nitrogens with one attached hydrogen (secondary N) is 2. The Bertz CT molecular complexity index is 1360. The van der Waals surface area contributed by atoms with Crippen molar-refractivity contribution in [3.8, 4) is 6.07 Å². The smallest absolute Gasteiger partial charge is 0.242 e. The molecule has 2 aromatic carbocycles. The lowest BCUT2D eigenvalue weighted by Gasteiger charge is -2.19. The average Bonchev–Trinajstić information content (AvgIpc) is 3.58. The van der Waals surface area contributed by atoms with Crippen LogP contribution in [-0.2, 0) is 22.7 Å². The zero-order valence-corrected chi connectivity index (χ0v) is 19.9. The van der Waals surface area contributed by atoms with Gasteiger partial charge in [0, 0.05) is 34.8 Å². The van der Waals surface area contributed by atoms with E-state index in [-0.39, 0.29) is 40.9 Å². The molecule has 7 nitrogen and oxygen atoms in total. The lowest BCUT2D eigenvalue weighted by Crippen LogP contribution is -2.47. The molecule has 1 heterocycles. The highest BCUT2D eigenvalue weighted by atomic mass is 35.5. The Labute approximate surface area is 206 Å². The van der Waals surface area contributed by atoms with Crippen LogP contribution in [0.5, 0.6) is 0 Å². The Balaban J connectivity index is 1.46. The molecule has 0 aliphatic heterocycles. The molecule has 1 saturated carbocycles. The molecule has 1 aromatic heterocycles. The van der Waals surface area contributed by atoms with Crippen LogP contribution in [0.15, 0.2) is 42.6 Å². The van der Waals surface area contributed by atoms with E-state index < -0.39 is 17.8 Å². The molecular weight excluding hydrogens is 471 g/mol. The second-order valence-corrected chi connectivity index (χ2v) is 9.21. The summed E-state index contributed by atoms with van der Waals surface area (Å²) in [6, 6.07) is 11.0. The van der Waals surface area contributed by atoms with Gasteiger partial charge < -0.3 is 15.2 Å². The third-order valence-electron chi connectivity index (χ3n) is 6.09. The van der Waals surface area contributed by atoms with Gasteiger partial charge in [0.1, 0.15) is 18.4 Å². The van der Waals surface area contributed by atoms with Crippen molar-refractivity contribution < 1.29 is 18.8 Å². The fourth-order valence-electron chi connectivity index (χ4n) is 4.12. The molecule has 1 aliphatic carbocycles. The van der Waals surface area contributed by atoms with Crippen LogP contribution < -0.4 is 10.6 Å². The Morgan fingerprint density at radius 1 is 1.26 bits per heavy atom. The maximum Gasteiger partial charge on any atom is 0.242 e. The Hall–Kier alpha value is -3.70. The number of ketones is 1. The Morgan fingerprint density at radius 3 is 2.69 bits per heavy atom. The number of amides is 2. The van der Waals surface area contributed by atoms with Crippen molar-refractivity contribution in [2.75, 3.05) is 0 Å². The standard InChI is InChI=1S/C26H24ClFN4O3/c1-15(33)20-13-32(23-5-3-2-4-19(20)23)14-24(34)31-22(10-16-6-7-16)26(35)30-12-18-8-17(11-29)9-21(27)25(18)28/h2-5,8-9,13,16,22H,6-7,10,12,14H2,1H3,(H,30,35)(H,31,34)/t22-/m0/s1. The van der Waals surface area contributed by atoms with Crippen molar-refractivity contribution in [2.24, 2.45) is 5.92 Å². The van der Waals surface area contributed by atoms with Crippen LogP contribution in [0.2, 0.25) is 5.02 Å². The number of halogens is 2. The maximum atomic E-state index is 14.3. The van der Waals surface area contributed by atoms with E-state index >= 15 is 0 Å². The fraction of sp³-hybridized carbons (Fsp3) is 0.308. The van der Waals surface area contributed by atoms with Crippen molar-refractivity contribution in [3.05, 3.63) is 70.1 Å². The summed E-state index contributed by atoms with van der Waals surface area (Å²) >= 11 is 5.84. The molecule has 180 valence electrons. The highest BCUT2D eigenvalue weighted by molar-refractivity contribution is 6.30. The van der Waals surface area contributed by atoms with Crippen molar-refractivity contribution >= 4 is 40.1 Å². The molecule has 1 fully saturated rings. The molecule has 35 heavy (non-hydrogen) atoms. The van der Waals surface area contributed by atoms with Gasteiger partial charge in [0.05, 0.1) is 16.7 Å². The first-order valence-electron chi connectivity index (χ1n) is 11.3. The van der Waals surface area contributed by atoms with Crippen molar-refractivity contribution in [1.29, 1.82) is 5.26 Å². The molecule has 9 heteroatoms. The topological polar surface area (TPSA) is 104 Å².